The Morgan fingerprint density at radius 1 is 1.43 bits per heavy atom. The molecule has 1 aliphatic rings. The van der Waals surface area contributed by atoms with Gasteiger partial charge in [0.25, 0.3) is 0 Å². The van der Waals surface area contributed by atoms with Crippen LogP contribution in [-0.4, -0.2) is 6.54 Å². The molecule has 14 heavy (non-hydrogen) atoms. The summed E-state index contributed by atoms with van der Waals surface area (Å²) in [6.07, 6.45) is 1.07. The van der Waals surface area contributed by atoms with Crippen LogP contribution >= 0.6 is 0 Å². The van der Waals surface area contributed by atoms with Gasteiger partial charge in [-0.1, -0.05) is 19.9 Å². The largest absolute Gasteiger partial charge is 0.384 e. The molecule has 1 N–H and O–H groups in total. The van der Waals surface area contributed by atoms with E-state index in [1.54, 1.807) is 12.1 Å². The molecular weight excluding hydrogens is 177 g/mol. The Hall–Kier alpha value is -1.05. The summed E-state index contributed by atoms with van der Waals surface area (Å²) in [7, 11) is 0. The number of nitrogens with one attached hydrogen (secondary N) is 1. The van der Waals surface area contributed by atoms with Gasteiger partial charge in [-0.2, -0.15) is 0 Å². The van der Waals surface area contributed by atoms with Gasteiger partial charge in [0.2, 0.25) is 0 Å². The quantitative estimate of drug-likeness (QED) is 0.722. The molecule has 1 aliphatic heterocycles. The first-order valence-corrected chi connectivity index (χ1v) is 5.19. The molecule has 0 radical (unpaired) electrons. The highest BCUT2D eigenvalue weighted by Gasteiger charge is 2.20. The van der Waals surface area contributed by atoms with Crippen molar-refractivity contribution < 1.29 is 4.39 Å². The molecule has 0 fully saturated rings. The van der Waals surface area contributed by atoms with E-state index in [9.17, 15) is 4.39 Å². The summed E-state index contributed by atoms with van der Waals surface area (Å²) in [5, 5.41) is 3.29. The Balaban J connectivity index is 2.23. The Bertz CT molecular complexity index is 333. The first-order valence-electron chi connectivity index (χ1n) is 5.19. The predicted molar refractivity (Wildman–Crippen MR) is 56.9 cm³/mol. The molecular formula is C12H16FN. The zero-order valence-electron chi connectivity index (χ0n) is 8.68. The summed E-state index contributed by atoms with van der Waals surface area (Å²) in [6, 6.07) is 5.03. The van der Waals surface area contributed by atoms with E-state index in [-0.39, 0.29) is 5.82 Å². The molecule has 0 saturated heterocycles. The number of anilines is 1. The summed E-state index contributed by atoms with van der Waals surface area (Å²) >= 11 is 0. The van der Waals surface area contributed by atoms with Gasteiger partial charge in [0, 0.05) is 12.2 Å². The lowest BCUT2D eigenvalue weighted by atomic mass is 9.86. The minimum atomic E-state index is -0.153. The Labute approximate surface area is 84.3 Å². The van der Waals surface area contributed by atoms with Gasteiger partial charge in [-0.25, -0.2) is 4.39 Å². The Kier molecular flexibility index (Phi) is 2.44. The van der Waals surface area contributed by atoms with E-state index < -0.39 is 0 Å². The summed E-state index contributed by atoms with van der Waals surface area (Å²) in [6.45, 7) is 5.44. The van der Waals surface area contributed by atoms with Crippen LogP contribution in [0.15, 0.2) is 18.2 Å². The maximum absolute atomic E-state index is 12.9. The third kappa shape index (κ3) is 1.74. The molecule has 0 aliphatic carbocycles. The van der Waals surface area contributed by atoms with E-state index in [1.165, 1.54) is 5.56 Å². The van der Waals surface area contributed by atoms with Crippen LogP contribution < -0.4 is 5.32 Å². The van der Waals surface area contributed by atoms with Crippen molar-refractivity contribution in [1.29, 1.82) is 0 Å². The molecule has 2 heteroatoms. The highest BCUT2D eigenvalue weighted by atomic mass is 19.1. The number of hydrogen-bond donors (Lipinski definition) is 1. The summed E-state index contributed by atoms with van der Waals surface area (Å²) in [4.78, 5) is 0. The van der Waals surface area contributed by atoms with E-state index in [0.717, 1.165) is 18.7 Å². The Morgan fingerprint density at radius 3 is 2.93 bits per heavy atom. The third-order valence-corrected chi connectivity index (χ3v) is 3.05. The molecule has 1 aromatic rings. The van der Waals surface area contributed by atoms with Gasteiger partial charge in [0.1, 0.15) is 5.82 Å². The van der Waals surface area contributed by atoms with E-state index in [1.807, 2.05) is 6.07 Å². The second kappa shape index (κ2) is 3.60. The lowest BCUT2D eigenvalue weighted by Gasteiger charge is -2.28. The fraction of sp³-hybridized carbons (Fsp3) is 0.500. The second-order valence-corrected chi connectivity index (χ2v) is 4.39. The van der Waals surface area contributed by atoms with Gasteiger partial charge in [0.05, 0.1) is 0 Å². The highest BCUT2D eigenvalue weighted by molar-refractivity contribution is 5.53. The summed E-state index contributed by atoms with van der Waals surface area (Å²) < 4.78 is 12.9. The van der Waals surface area contributed by atoms with Crippen molar-refractivity contribution in [2.45, 2.75) is 20.3 Å². The fourth-order valence-corrected chi connectivity index (χ4v) is 1.96. The molecule has 0 aromatic heterocycles. The highest BCUT2D eigenvalue weighted by Crippen LogP contribution is 2.28. The van der Waals surface area contributed by atoms with Crippen LogP contribution in [0.5, 0.6) is 0 Å². The molecule has 1 nitrogen and oxygen atoms in total. The van der Waals surface area contributed by atoms with E-state index in [4.69, 9.17) is 0 Å². The minimum absolute atomic E-state index is 0.153. The van der Waals surface area contributed by atoms with Crippen molar-refractivity contribution >= 4 is 5.69 Å². The Morgan fingerprint density at radius 2 is 2.21 bits per heavy atom. The van der Waals surface area contributed by atoms with Crippen LogP contribution in [0.25, 0.3) is 0 Å². The number of halogens is 1. The average molecular weight is 193 g/mol. The van der Waals surface area contributed by atoms with Gasteiger partial charge < -0.3 is 5.32 Å². The molecule has 2 rings (SSSR count). The third-order valence-electron chi connectivity index (χ3n) is 3.05. The first kappa shape index (κ1) is 9.50. The standard InChI is InChI=1S/C12H16FN/c1-8(2)10-5-9-3-4-11(13)6-12(9)14-7-10/h3-4,6,8,10,14H,5,7H2,1-2H3. The zero-order valence-corrected chi connectivity index (χ0v) is 8.68. The smallest absolute Gasteiger partial charge is 0.125 e. The normalized spacial score (nSPS) is 20.4. The van der Waals surface area contributed by atoms with Crippen molar-refractivity contribution in [1.82, 2.24) is 0 Å². The van der Waals surface area contributed by atoms with Gasteiger partial charge >= 0.3 is 0 Å². The van der Waals surface area contributed by atoms with Gasteiger partial charge in [-0.15, -0.1) is 0 Å². The molecule has 0 saturated carbocycles. The van der Waals surface area contributed by atoms with Crippen LogP contribution in [0.1, 0.15) is 19.4 Å². The van der Waals surface area contributed by atoms with E-state index in [0.29, 0.717) is 11.8 Å². The van der Waals surface area contributed by atoms with Crippen molar-refractivity contribution in [3.05, 3.63) is 29.6 Å². The number of rotatable bonds is 1. The van der Waals surface area contributed by atoms with Crippen LogP contribution in [-0.2, 0) is 6.42 Å². The van der Waals surface area contributed by atoms with Crippen molar-refractivity contribution in [2.75, 3.05) is 11.9 Å². The van der Waals surface area contributed by atoms with Crippen LogP contribution in [0, 0.1) is 17.7 Å². The summed E-state index contributed by atoms with van der Waals surface area (Å²) in [5.41, 5.74) is 2.22. The van der Waals surface area contributed by atoms with Gasteiger partial charge in [-0.3, -0.25) is 0 Å². The van der Waals surface area contributed by atoms with E-state index in [2.05, 4.69) is 19.2 Å². The fourth-order valence-electron chi connectivity index (χ4n) is 1.96. The van der Waals surface area contributed by atoms with Gasteiger partial charge in [-0.05, 0) is 36.0 Å². The number of fused-ring (bicyclic) bond motifs is 1. The SMILES string of the molecule is CC(C)C1CNc2cc(F)ccc2C1. The monoisotopic (exact) mass is 193 g/mol. The zero-order chi connectivity index (χ0) is 10.1. The minimum Gasteiger partial charge on any atom is -0.384 e. The molecule has 0 bridgehead atoms. The molecule has 1 atom stereocenters. The van der Waals surface area contributed by atoms with Crippen LogP contribution in [0.3, 0.4) is 0 Å². The van der Waals surface area contributed by atoms with Crippen molar-refractivity contribution in [2.24, 2.45) is 11.8 Å². The van der Waals surface area contributed by atoms with Gasteiger partial charge in [0.15, 0.2) is 0 Å². The molecule has 76 valence electrons. The average Bonchev–Trinajstić information content (AvgIpc) is 2.16. The second-order valence-electron chi connectivity index (χ2n) is 4.39. The van der Waals surface area contributed by atoms with Crippen LogP contribution in [0.2, 0.25) is 0 Å². The van der Waals surface area contributed by atoms with Crippen LogP contribution in [0.4, 0.5) is 10.1 Å². The molecule has 1 heterocycles. The molecule has 1 aromatic carbocycles. The maximum atomic E-state index is 12.9. The first-order chi connectivity index (χ1) is 6.66. The maximum Gasteiger partial charge on any atom is 0.125 e. The molecule has 0 spiro atoms. The molecule has 1 unspecified atom stereocenters. The van der Waals surface area contributed by atoms with Crippen molar-refractivity contribution in [3.63, 3.8) is 0 Å². The van der Waals surface area contributed by atoms with Crippen molar-refractivity contribution in [3.8, 4) is 0 Å². The topological polar surface area (TPSA) is 12.0 Å². The number of benzene rings is 1. The lowest BCUT2D eigenvalue weighted by molar-refractivity contribution is 0.393. The number of hydrogen-bond acceptors (Lipinski definition) is 1. The summed E-state index contributed by atoms with van der Waals surface area (Å²) in [5.74, 6) is 1.20. The predicted octanol–water partition coefficient (Wildman–Crippen LogP) is 3.07. The lowest BCUT2D eigenvalue weighted by Crippen LogP contribution is -2.27. The van der Waals surface area contributed by atoms with E-state index >= 15 is 0 Å². The molecule has 0 amide bonds.